The predicted octanol–water partition coefficient (Wildman–Crippen LogP) is 1.06. The molecule has 0 saturated carbocycles. The SMILES string of the molecule is COc1cc(C)cc(C)c1CCNC(=O)C(=O)O. The van der Waals surface area contributed by atoms with Gasteiger partial charge in [0.1, 0.15) is 5.75 Å². The molecule has 0 atom stereocenters. The third kappa shape index (κ3) is 3.48. The van der Waals surface area contributed by atoms with Crippen LogP contribution in [0.5, 0.6) is 5.75 Å². The Kier molecular flexibility index (Phi) is 4.71. The van der Waals surface area contributed by atoms with E-state index in [4.69, 9.17) is 9.84 Å². The molecule has 0 spiro atoms. The summed E-state index contributed by atoms with van der Waals surface area (Å²) in [6.07, 6.45) is 0.536. The van der Waals surface area contributed by atoms with Gasteiger partial charge in [-0.05, 0) is 43.0 Å². The minimum atomic E-state index is -1.47. The lowest BCUT2D eigenvalue weighted by atomic mass is 10.0. The standard InChI is InChI=1S/C13H17NO4/c1-8-6-9(2)10(11(7-8)18-3)4-5-14-12(15)13(16)17/h6-7H,4-5H2,1-3H3,(H,14,15)(H,16,17). The summed E-state index contributed by atoms with van der Waals surface area (Å²) in [6.45, 7) is 4.21. The molecule has 0 heterocycles. The summed E-state index contributed by atoms with van der Waals surface area (Å²) >= 11 is 0. The highest BCUT2D eigenvalue weighted by Crippen LogP contribution is 2.24. The highest BCUT2D eigenvalue weighted by molar-refractivity contribution is 6.31. The lowest BCUT2D eigenvalue weighted by molar-refractivity contribution is -0.150. The van der Waals surface area contributed by atoms with Gasteiger partial charge in [0.05, 0.1) is 7.11 Å². The number of hydrogen-bond acceptors (Lipinski definition) is 3. The number of carbonyl (C=O) groups excluding carboxylic acids is 1. The Morgan fingerprint density at radius 1 is 1.33 bits per heavy atom. The molecule has 5 heteroatoms. The van der Waals surface area contributed by atoms with Gasteiger partial charge in [0, 0.05) is 6.54 Å². The Hall–Kier alpha value is -2.04. The van der Waals surface area contributed by atoms with Gasteiger partial charge in [-0.3, -0.25) is 4.79 Å². The molecule has 1 aromatic carbocycles. The molecule has 0 aromatic heterocycles. The first-order chi connectivity index (χ1) is 8.45. The maximum Gasteiger partial charge on any atom is 0.394 e. The summed E-state index contributed by atoms with van der Waals surface area (Å²) in [7, 11) is 1.59. The number of ether oxygens (including phenoxy) is 1. The first-order valence-corrected chi connectivity index (χ1v) is 5.61. The fraction of sp³-hybridized carbons (Fsp3) is 0.385. The van der Waals surface area contributed by atoms with Crippen molar-refractivity contribution in [2.45, 2.75) is 20.3 Å². The molecule has 0 unspecified atom stereocenters. The third-order valence-electron chi connectivity index (χ3n) is 2.65. The first kappa shape index (κ1) is 14.0. The van der Waals surface area contributed by atoms with Crippen molar-refractivity contribution in [1.82, 2.24) is 5.32 Å². The van der Waals surface area contributed by atoms with Crippen molar-refractivity contribution < 1.29 is 19.4 Å². The van der Waals surface area contributed by atoms with E-state index < -0.39 is 11.9 Å². The van der Waals surface area contributed by atoms with Gasteiger partial charge >= 0.3 is 11.9 Å². The monoisotopic (exact) mass is 251 g/mol. The summed E-state index contributed by atoms with van der Waals surface area (Å²) < 4.78 is 5.28. The molecular formula is C13H17NO4. The fourth-order valence-corrected chi connectivity index (χ4v) is 1.84. The summed E-state index contributed by atoms with van der Waals surface area (Å²) in [4.78, 5) is 21.2. The van der Waals surface area contributed by atoms with E-state index in [2.05, 4.69) is 5.32 Å². The Labute approximate surface area is 106 Å². The van der Waals surface area contributed by atoms with Crippen molar-refractivity contribution in [1.29, 1.82) is 0 Å². The number of nitrogens with one attached hydrogen (secondary N) is 1. The largest absolute Gasteiger partial charge is 0.496 e. The number of carbonyl (C=O) groups is 2. The lowest BCUT2D eigenvalue weighted by Gasteiger charge is -2.13. The highest BCUT2D eigenvalue weighted by Gasteiger charge is 2.12. The molecule has 1 amide bonds. The van der Waals surface area contributed by atoms with E-state index in [1.807, 2.05) is 26.0 Å². The number of methoxy groups -OCH3 is 1. The van der Waals surface area contributed by atoms with Crippen LogP contribution in [0.1, 0.15) is 16.7 Å². The zero-order valence-corrected chi connectivity index (χ0v) is 10.7. The minimum absolute atomic E-state index is 0.269. The van der Waals surface area contributed by atoms with Crippen LogP contribution in [0.25, 0.3) is 0 Å². The maximum absolute atomic E-state index is 10.9. The summed E-state index contributed by atoms with van der Waals surface area (Å²) in [5.74, 6) is -1.70. The summed E-state index contributed by atoms with van der Waals surface area (Å²) in [5, 5.41) is 10.8. The number of benzene rings is 1. The minimum Gasteiger partial charge on any atom is -0.496 e. The number of amides is 1. The second-order valence-electron chi connectivity index (χ2n) is 4.07. The molecule has 18 heavy (non-hydrogen) atoms. The molecule has 0 aliphatic carbocycles. The van der Waals surface area contributed by atoms with Crippen LogP contribution < -0.4 is 10.1 Å². The normalized spacial score (nSPS) is 9.94. The van der Waals surface area contributed by atoms with Crippen LogP contribution >= 0.6 is 0 Å². The molecule has 1 rings (SSSR count). The van der Waals surface area contributed by atoms with Gasteiger partial charge in [-0.15, -0.1) is 0 Å². The Balaban J connectivity index is 2.73. The second kappa shape index (κ2) is 6.05. The van der Waals surface area contributed by atoms with Crippen molar-refractivity contribution in [2.75, 3.05) is 13.7 Å². The summed E-state index contributed by atoms with van der Waals surface area (Å²) in [5.41, 5.74) is 3.15. The molecule has 2 N–H and O–H groups in total. The van der Waals surface area contributed by atoms with Crippen LogP contribution in [-0.2, 0) is 16.0 Å². The molecule has 0 aliphatic rings. The molecule has 0 bridgehead atoms. The van der Waals surface area contributed by atoms with E-state index in [0.717, 1.165) is 22.4 Å². The Bertz CT molecular complexity index is 468. The van der Waals surface area contributed by atoms with E-state index in [1.54, 1.807) is 7.11 Å². The number of aliphatic carboxylic acids is 1. The maximum atomic E-state index is 10.9. The van der Waals surface area contributed by atoms with Gasteiger partial charge in [0.15, 0.2) is 0 Å². The molecule has 0 fully saturated rings. The average Bonchev–Trinajstić information content (AvgIpc) is 2.30. The van der Waals surface area contributed by atoms with Crippen molar-refractivity contribution in [3.05, 3.63) is 28.8 Å². The van der Waals surface area contributed by atoms with Crippen molar-refractivity contribution in [3.8, 4) is 5.75 Å². The van der Waals surface area contributed by atoms with Gasteiger partial charge in [-0.25, -0.2) is 4.79 Å². The number of rotatable bonds is 4. The van der Waals surface area contributed by atoms with Crippen LogP contribution in [0, 0.1) is 13.8 Å². The molecule has 5 nitrogen and oxygen atoms in total. The smallest absolute Gasteiger partial charge is 0.394 e. The fourth-order valence-electron chi connectivity index (χ4n) is 1.84. The van der Waals surface area contributed by atoms with E-state index in [9.17, 15) is 9.59 Å². The lowest BCUT2D eigenvalue weighted by Crippen LogP contribution is -2.32. The molecule has 0 aliphatic heterocycles. The molecule has 1 aromatic rings. The second-order valence-corrected chi connectivity index (χ2v) is 4.07. The average molecular weight is 251 g/mol. The quantitative estimate of drug-likeness (QED) is 0.784. The van der Waals surface area contributed by atoms with E-state index in [-0.39, 0.29) is 6.54 Å². The van der Waals surface area contributed by atoms with Crippen molar-refractivity contribution in [2.24, 2.45) is 0 Å². The van der Waals surface area contributed by atoms with Crippen LogP contribution in [-0.4, -0.2) is 30.6 Å². The third-order valence-corrected chi connectivity index (χ3v) is 2.65. The Morgan fingerprint density at radius 2 is 2.00 bits per heavy atom. The van der Waals surface area contributed by atoms with Gasteiger partial charge in [0.25, 0.3) is 0 Å². The zero-order chi connectivity index (χ0) is 13.7. The van der Waals surface area contributed by atoms with Gasteiger partial charge in [-0.2, -0.15) is 0 Å². The number of aryl methyl sites for hydroxylation is 2. The number of hydrogen-bond donors (Lipinski definition) is 2. The van der Waals surface area contributed by atoms with E-state index in [0.29, 0.717) is 6.42 Å². The predicted molar refractivity (Wildman–Crippen MR) is 66.8 cm³/mol. The van der Waals surface area contributed by atoms with Crippen molar-refractivity contribution >= 4 is 11.9 Å². The number of carboxylic acid groups (broad SMARTS) is 1. The van der Waals surface area contributed by atoms with Gasteiger partial charge in [-0.1, -0.05) is 6.07 Å². The highest BCUT2D eigenvalue weighted by atomic mass is 16.5. The van der Waals surface area contributed by atoms with E-state index in [1.165, 1.54) is 0 Å². The van der Waals surface area contributed by atoms with Gasteiger partial charge in [0.2, 0.25) is 0 Å². The molecule has 0 radical (unpaired) electrons. The van der Waals surface area contributed by atoms with E-state index >= 15 is 0 Å². The molecule has 0 saturated heterocycles. The van der Waals surface area contributed by atoms with Crippen LogP contribution in [0.4, 0.5) is 0 Å². The van der Waals surface area contributed by atoms with Crippen LogP contribution in [0.15, 0.2) is 12.1 Å². The molecular weight excluding hydrogens is 234 g/mol. The van der Waals surface area contributed by atoms with Crippen LogP contribution in [0.3, 0.4) is 0 Å². The van der Waals surface area contributed by atoms with Crippen molar-refractivity contribution in [3.63, 3.8) is 0 Å². The first-order valence-electron chi connectivity index (χ1n) is 5.61. The topological polar surface area (TPSA) is 75.6 Å². The van der Waals surface area contributed by atoms with Crippen LogP contribution in [0.2, 0.25) is 0 Å². The molecule has 98 valence electrons. The summed E-state index contributed by atoms with van der Waals surface area (Å²) in [6, 6.07) is 3.94. The Morgan fingerprint density at radius 3 is 2.56 bits per heavy atom. The zero-order valence-electron chi connectivity index (χ0n) is 10.7. The number of carboxylic acids is 1. The van der Waals surface area contributed by atoms with Gasteiger partial charge < -0.3 is 15.2 Å².